The summed E-state index contributed by atoms with van der Waals surface area (Å²) in [6.45, 7) is 0. The van der Waals surface area contributed by atoms with E-state index in [4.69, 9.17) is 23.2 Å². The van der Waals surface area contributed by atoms with Gasteiger partial charge in [-0.1, -0.05) is 71.4 Å². The van der Waals surface area contributed by atoms with E-state index >= 15 is 0 Å². The maximum Gasteiger partial charge on any atom is 0.248 e. The number of carbonyl (C=O) groups is 1. The number of sulfone groups is 1. The average molecular weight is 469 g/mol. The largest absolute Gasteiger partial charge is 0.313 e. The number of amidine groups is 1. The lowest BCUT2D eigenvalue weighted by molar-refractivity contribution is -0.117. The molecule has 2 atom stereocenters. The van der Waals surface area contributed by atoms with E-state index in [1.54, 1.807) is 23.1 Å². The molecule has 2 aromatic rings. The summed E-state index contributed by atoms with van der Waals surface area (Å²) in [5.41, 5.74) is 1.57. The van der Waals surface area contributed by atoms with Crippen LogP contribution in [0.4, 0.5) is 5.69 Å². The minimum Gasteiger partial charge on any atom is -0.313 e. The van der Waals surface area contributed by atoms with E-state index in [9.17, 15) is 13.2 Å². The number of fused-ring (bicyclic) bond motifs is 1. The third kappa shape index (κ3) is 4.48. The molecule has 2 aliphatic heterocycles. The second kappa shape index (κ2) is 8.30. The summed E-state index contributed by atoms with van der Waals surface area (Å²) in [5.74, 6) is -0.214. The number of benzene rings is 2. The molecule has 5 nitrogen and oxygen atoms in total. The van der Waals surface area contributed by atoms with E-state index in [-0.39, 0.29) is 35.1 Å². The Hall–Kier alpha value is -1.54. The average Bonchev–Trinajstić information content (AvgIpc) is 3.13. The zero-order chi connectivity index (χ0) is 20.6. The molecular weight excluding hydrogens is 451 g/mol. The Morgan fingerprint density at radius 1 is 1.07 bits per heavy atom. The van der Waals surface area contributed by atoms with E-state index in [1.807, 2.05) is 30.3 Å². The van der Waals surface area contributed by atoms with Crippen molar-refractivity contribution in [2.75, 3.05) is 16.4 Å². The summed E-state index contributed by atoms with van der Waals surface area (Å²) < 4.78 is 24.3. The number of hydrogen-bond acceptors (Lipinski definition) is 4. The van der Waals surface area contributed by atoms with E-state index in [2.05, 4.69) is 4.99 Å². The maximum atomic E-state index is 12.6. The molecule has 2 aromatic carbocycles. The number of amides is 1. The Labute approximate surface area is 184 Å². The third-order valence-corrected chi connectivity index (χ3v) is 8.76. The number of halogens is 2. The lowest BCUT2D eigenvalue weighted by Crippen LogP contribution is -2.38. The van der Waals surface area contributed by atoms with Crippen LogP contribution in [0.15, 0.2) is 53.5 Å². The molecule has 4 rings (SSSR count). The molecule has 0 bridgehead atoms. The minimum atomic E-state index is -3.16. The number of para-hydroxylation sites is 1. The highest BCUT2D eigenvalue weighted by Gasteiger charge is 2.50. The molecule has 2 unspecified atom stereocenters. The van der Waals surface area contributed by atoms with Crippen LogP contribution >= 0.6 is 35.0 Å². The Bertz CT molecular complexity index is 1050. The Balaban J connectivity index is 1.63. The van der Waals surface area contributed by atoms with Crippen molar-refractivity contribution in [2.45, 2.75) is 24.1 Å². The van der Waals surface area contributed by atoms with Gasteiger partial charge in [0.1, 0.15) is 0 Å². The van der Waals surface area contributed by atoms with Gasteiger partial charge in [0.2, 0.25) is 5.91 Å². The highest BCUT2D eigenvalue weighted by molar-refractivity contribution is 8.16. The standard InChI is InChI=1S/C20H18Cl2N2O3S2/c21-14-7-4-8-15(22)19(14)24-16-11-29(26,27)12-17(16)28-20(24)23-18(25)10-9-13-5-2-1-3-6-13/h1-8,16-17H,9-12H2. The fourth-order valence-corrected chi connectivity index (χ4v) is 8.10. The van der Waals surface area contributed by atoms with Crippen molar-refractivity contribution in [3.8, 4) is 0 Å². The fourth-order valence-electron chi connectivity index (χ4n) is 3.60. The topological polar surface area (TPSA) is 66.8 Å². The van der Waals surface area contributed by atoms with Gasteiger partial charge in [-0.25, -0.2) is 8.42 Å². The first kappa shape index (κ1) is 20.7. The lowest BCUT2D eigenvalue weighted by atomic mass is 10.1. The molecule has 1 amide bonds. The minimum absolute atomic E-state index is 0.0105. The van der Waals surface area contributed by atoms with Crippen molar-refractivity contribution in [3.05, 3.63) is 64.1 Å². The zero-order valence-electron chi connectivity index (χ0n) is 15.3. The molecule has 2 saturated heterocycles. The van der Waals surface area contributed by atoms with Gasteiger partial charge in [0.15, 0.2) is 15.0 Å². The van der Waals surface area contributed by atoms with Gasteiger partial charge in [0, 0.05) is 11.7 Å². The number of nitrogens with zero attached hydrogens (tertiary/aromatic N) is 2. The predicted octanol–water partition coefficient (Wildman–Crippen LogP) is 4.23. The van der Waals surface area contributed by atoms with Crippen LogP contribution in [0.2, 0.25) is 10.0 Å². The van der Waals surface area contributed by atoms with Gasteiger partial charge in [-0.2, -0.15) is 4.99 Å². The number of aliphatic imine (C=N–C) groups is 1. The van der Waals surface area contributed by atoms with E-state index in [0.29, 0.717) is 27.3 Å². The van der Waals surface area contributed by atoms with Gasteiger partial charge in [-0.15, -0.1) is 0 Å². The number of hydrogen-bond donors (Lipinski definition) is 0. The first-order chi connectivity index (χ1) is 13.8. The molecule has 0 radical (unpaired) electrons. The second-order valence-corrected chi connectivity index (χ2v) is 11.2. The van der Waals surface area contributed by atoms with Gasteiger partial charge in [-0.3, -0.25) is 4.79 Å². The summed E-state index contributed by atoms with van der Waals surface area (Å²) in [4.78, 5) is 18.6. The van der Waals surface area contributed by atoms with Crippen molar-refractivity contribution in [1.82, 2.24) is 0 Å². The van der Waals surface area contributed by atoms with E-state index < -0.39 is 9.84 Å². The maximum absolute atomic E-state index is 12.6. The molecule has 152 valence electrons. The van der Waals surface area contributed by atoms with Crippen LogP contribution < -0.4 is 4.90 Å². The summed E-state index contributed by atoms with van der Waals surface area (Å²) in [5, 5.41) is 1.05. The number of rotatable bonds is 4. The quantitative estimate of drug-likeness (QED) is 0.671. The summed E-state index contributed by atoms with van der Waals surface area (Å²) >= 11 is 14.1. The Morgan fingerprint density at radius 2 is 1.76 bits per heavy atom. The monoisotopic (exact) mass is 468 g/mol. The summed E-state index contributed by atoms with van der Waals surface area (Å²) in [7, 11) is -3.16. The fraction of sp³-hybridized carbons (Fsp3) is 0.300. The molecule has 0 spiro atoms. The molecule has 9 heteroatoms. The summed E-state index contributed by atoms with van der Waals surface area (Å²) in [6.07, 6.45) is 0.862. The number of carbonyl (C=O) groups excluding carboxylic acids is 1. The van der Waals surface area contributed by atoms with Crippen LogP contribution in [0.1, 0.15) is 12.0 Å². The van der Waals surface area contributed by atoms with Gasteiger partial charge in [-0.05, 0) is 24.1 Å². The molecule has 2 heterocycles. The molecular formula is C20H18Cl2N2O3S2. The first-order valence-electron chi connectivity index (χ1n) is 9.10. The second-order valence-electron chi connectivity index (χ2n) is 7.01. The van der Waals surface area contributed by atoms with Crippen LogP contribution in [-0.2, 0) is 21.1 Å². The predicted molar refractivity (Wildman–Crippen MR) is 120 cm³/mol. The molecule has 2 fully saturated rings. The normalized spacial score (nSPS) is 24.1. The SMILES string of the molecule is O=C(CCc1ccccc1)N=C1SC2CS(=O)(=O)CC2N1c1c(Cl)cccc1Cl. The van der Waals surface area contributed by atoms with Gasteiger partial charge >= 0.3 is 0 Å². The van der Waals surface area contributed by atoms with Crippen molar-refractivity contribution in [3.63, 3.8) is 0 Å². The van der Waals surface area contributed by atoms with Crippen LogP contribution in [0.25, 0.3) is 0 Å². The highest BCUT2D eigenvalue weighted by Crippen LogP contribution is 2.45. The van der Waals surface area contributed by atoms with Crippen LogP contribution in [0, 0.1) is 0 Å². The number of aryl methyl sites for hydroxylation is 1. The number of thioether (sulfide) groups is 1. The molecule has 0 N–H and O–H groups in total. The van der Waals surface area contributed by atoms with E-state index in [1.165, 1.54) is 11.8 Å². The van der Waals surface area contributed by atoms with Crippen molar-refractivity contribution >= 4 is 61.6 Å². The molecule has 0 aliphatic carbocycles. The number of anilines is 1. The Morgan fingerprint density at radius 3 is 2.45 bits per heavy atom. The molecule has 29 heavy (non-hydrogen) atoms. The molecule has 0 saturated carbocycles. The van der Waals surface area contributed by atoms with Gasteiger partial charge in [0.25, 0.3) is 0 Å². The van der Waals surface area contributed by atoms with Crippen molar-refractivity contribution in [1.29, 1.82) is 0 Å². The highest BCUT2D eigenvalue weighted by atomic mass is 35.5. The zero-order valence-corrected chi connectivity index (χ0v) is 18.4. The summed E-state index contributed by atoms with van der Waals surface area (Å²) in [6, 6.07) is 14.5. The van der Waals surface area contributed by atoms with E-state index in [0.717, 1.165) is 5.56 Å². The van der Waals surface area contributed by atoms with Crippen LogP contribution in [0.3, 0.4) is 0 Å². The lowest BCUT2D eigenvalue weighted by Gasteiger charge is -2.26. The van der Waals surface area contributed by atoms with Crippen molar-refractivity contribution in [2.24, 2.45) is 4.99 Å². The molecule has 2 aliphatic rings. The third-order valence-electron chi connectivity index (χ3n) is 4.94. The van der Waals surface area contributed by atoms with Gasteiger partial charge in [0.05, 0.1) is 33.3 Å². The van der Waals surface area contributed by atoms with Gasteiger partial charge < -0.3 is 4.90 Å². The van der Waals surface area contributed by atoms with Crippen molar-refractivity contribution < 1.29 is 13.2 Å². The first-order valence-corrected chi connectivity index (χ1v) is 12.6. The molecule has 0 aromatic heterocycles. The van der Waals surface area contributed by atoms with Crippen LogP contribution in [-0.4, -0.2) is 42.3 Å². The Kier molecular flexibility index (Phi) is 5.93. The van der Waals surface area contributed by atoms with Crippen LogP contribution in [0.5, 0.6) is 0 Å². The smallest absolute Gasteiger partial charge is 0.248 e.